The van der Waals surface area contributed by atoms with E-state index >= 15 is 0 Å². The molecular formula is C32H26N3S+. The minimum Gasteiger partial charge on any atom is -0.376 e. The Morgan fingerprint density at radius 1 is 0.694 bits per heavy atom. The molecule has 0 aliphatic carbocycles. The predicted octanol–water partition coefficient (Wildman–Crippen LogP) is 7.71. The monoisotopic (exact) mass is 484 g/mol. The average Bonchev–Trinajstić information content (AvgIpc) is 3.44. The van der Waals surface area contributed by atoms with E-state index in [4.69, 9.17) is 0 Å². The van der Waals surface area contributed by atoms with Gasteiger partial charge in [0.1, 0.15) is 11.9 Å². The summed E-state index contributed by atoms with van der Waals surface area (Å²) in [6, 6.07) is 35.2. The largest absolute Gasteiger partial charge is 0.376 e. The fourth-order valence-corrected chi connectivity index (χ4v) is 7.00. The summed E-state index contributed by atoms with van der Waals surface area (Å²) in [5.41, 5.74) is 6.19. The van der Waals surface area contributed by atoms with Crippen molar-refractivity contribution >= 4 is 59.7 Å². The average molecular weight is 485 g/mol. The van der Waals surface area contributed by atoms with Crippen molar-refractivity contribution in [3.8, 4) is 16.3 Å². The fourth-order valence-electron chi connectivity index (χ4n) is 5.62. The van der Waals surface area contributed by atoms with E-state index in [9.17, 15) is 0 Å². The second-order valence-corrected chi connectivity index (χ2v) is 10.6. The minimum absolute atomic E-state index is 1.18. The van der Waals surface area contributed by atoms with E-state index in [-0.39, 0.29) is 0 Å². The highest BCUT2D eigenvalue weighted by Gasteiger charge is 2.24. The second kappa shape index (κ2) is 7.94. The van der Waals surface area contributed by atoms with Gasteiger partial charge >= 0.3 is 0 Å². The van der Waals surface area contributed by atoms with E-state index in [0.29, 0.717) is 0 Å². The summed E-state index contributed by atoms with van der Waals surface area (Å²) in [6.07, 6.45) is 2.19. The number of aryl methyl sites for hydroxylation is 1. The zero-order valence-corrected chi connectivity index (χ0v) is 21.4. The maximum absolute atomic E-state index is 2.39. The SMILES string of the molecule is CN(C)c1c(-c2c3ccc(-n4c5ccccc5c5ccccc54)cc3cc[n+]2C)sc2ccccc12. The van der Waals surface area contributed by atoms with Crippen LogP contribution in [-0.4, -0.2) is 18.7 Å². The molecule has 0 radical (unpaired) electrons. The number of hydrogen-bond acceptors (Lipinski definition) is 2. The molecule has 36 heavy (non-hydrogen) atoms. The van der Waals surface area contributed by atoms with Gasteiger partial charge in [0.15, 0.2) is 6.20 Å². The van der Waals surface area contributed by atoms with Crippen molar-refractivity contribution in [2.24, 2.45) is 7.05 Å². The Morgan fingerprint density at radius 3 is 2.03 bits per heavy atom. The first-order valence-corrected chi connectivity index (χ1v) is 13.0. The summed E-state index contributed by atoms with van der Waals surface area (Å²) in [5, 5.41) is 6.38. The molecule has 0 saturated carbocycles. The van der Waals surface area contributed by atoms with Crippen LogP contribution in [0.4, 0.5) is 5.69 Å². The Bertz CT molecular complexity index is 1890. The van der Waals surface area contributed by atoms with Crippen molar-refractivity contribution in [3.63, 3.8) is 0 Å². The van der Waals surface area contributed by atoms with Crippen molar-refractivity contribution in [3.05, 3.63) is 103 Å². The zero-order chi connectivity index (χ0) is 24.4. The van der Waals surface area contributed by atoms with Crippen LogP contribution in [0.5, 0.6) is 0 Å². The number of aromatic nitrogens is 2. The molecule has 0 N–H and O–H groups in total. The third-order valence-corrected chi connectivity index (χ3v) is 8.36. The van der Waals surface area contributed by atoms with Crippen LogP contribution in [0, 0.1) is 0 Å². The summed E-state index contributed by atoms with van der Waals surface area (Å²) in [4.78, 5) is 3.55. The Labute approximate surface area is 214 Å². The molecule has 0 amide bonds. The highest BCUT2D eigenvalue weighted by Crippen LogP contribution is 2.45. The standard InChI is InChI=1S/C32H26N3S/c1-33(2)30-26-12-6-9-15-29(26)36-32(30)31-23-17-16-22(20-21(23)18-19-34(31)3)35-27-13-7-4-10-24(27)25-11-5-8-14-28(25)35/h4-20H,1-3H3/q+1. The molecule has 3 nitrogen and oxygen atoms in total. The zero-order valence-electron chi connectivity index (χ0n) is 20.6. The summed E-state index contributed by atoms with van der Waals surface area (Å²) in [7, 11) is 6.44. The Kier molecular flexibility index (Phi) is 4.66. The van der Waals surface area contributed by atoms with Gasteiger partial charge in [-0.05, 0) is 41.8 Å². The number of benzene rings is 4. The smallest absolute Gasteiger partial charge is 0.232 e. The first-order chi connectivity index (χ1) is 17.6. The Hall–Kier alpha value is -4.15. The third kappa shape index (κ3) is 3.01. The molecule has 0 unspecified atom stereocenters. The molecule has 3 aromatic heterocycles. The van der Waals surface area contributed by atoms with Crippen molar-refractivity contribution in [2.75, 3.05) is 19.0 Å². The summed E-state index contributed by atoms with van der Waals surface area (Å²) in [6.45, 7) is 0. The van der Waals surface area contributed by atoms with E-state index in [0.717, 1.165) is 0 Å². The number of para-hydroxylation sites is 2. The summed E-state index contributed by atoms with van der Waals surface area (Å²) < 4.78 is 5.97. The van der Waals surface area contributed by atoms with Crippen LogP contribution in [0.15, 0.2) is 103 Å². The molecule has 0 atom stereocenters. The summed E-state index contributed by atoms with van der Waals surface area (Å²) in [5.74, 6) is 0. The van der Waals surface area contributed by atoms with E-state index in [1.165, 1.54) is 64.6 Å². The van der Waals surface area contributed by atoms with Gasteiger partial charge in [-0.15, -0.1) is 11.3 Å². The number of nitrogens with zero attached hydrogens (tertiary/aromatic N) is 3. The minimum atomic E-state index is 1.18. The van der Waals surface area contributed by atoms with Gasteiger partial charge < -0.3 is 9.47 Å². The first kappa shape index (κ1) is 21.2. The van der Waals surface area contributed by atoms with Crippen LogP contribution in [0.25, 0.3) is 58.9 Å². The molecule has 0 saturated heterocycles. The third-order valence-electron chi connectivity index (χ3n) is 7.19. The maximum atomic E-state index is 2.39. The molecule has 0 spiro atoms. The predicted molar refractivity (Wildman–Crippen MR) is 155 cm³/mol. The highest BCUT2D eigenvalue weighted by atomic mass is 32.1. The number of fused-ring (bicyclic) bond motifs is 5. The van der Waals surface area contributed by atoms with Gasteiger partial charge in [0, 0.05) is 46.7 Å². The molecule has 7 aromatic rings. The normalized spacial score (nSPS) is 11.8. The van der Waals surface area contributed by atoms with Crippen molar-refractivity contribution in [1.82, 2.24) is 4.57 Å². The van der Waals surface area contributed by atoms with Crippen molar-refractivity contribution < 1.29 is 4.57 Å². The van der Waals surface area contributed by atoms with Gasteiger partial charge in [0.25, 0.3) is 0 Å². The second-order valence-electron chi connectivity index (χ2n) is 9.59. The van der Waals surface area contributed by atoms with E-state index < -0.39 is 0 Å². The molecule has 0 fully saturated rings. The van der Waals surface area contributed by atoms with E-state index in [2.05, 4.69) is 138 Å². The van der Waals surface area contributed by atoms with Crippen LogP contribution in [0.3, 0.4) is 0 Å². The van der Waals surface area contributed by atoms with Crippen LogP contribution >= 0.6 is 11.3 Å². The quantitative estimate of drug-likeness (QED) is 0.234. The van der Waals surface area contributed by atoms with Crippen LogP contribution in [0.2, 0.25) is 0 Å². The highest BCUT2D eigenvalue weighted by molar-refractivity contribution is 7.23. The van der Waals surface area contributed by atoms with E-state index in [1.807, 2.05) is 11.3 Å². The van der Waals surface area contributed by atoms with Gasteiger partial charge in [-0.1, -0.05) is 54.6 Å². The lowest BCUT2D eigenvalue weighted by Gasteiger charge is -2.15. The molecule has 0 bridgehead atoms. The fraction of sp³-hybridized carbons (Fsp3) is 0.0938. The molecule has 3 heterocycles. The van der Waals surface area contributed by atoms with E-state index in [1.54, 1.807) is 0 Å². The van der Waals surface area contributed by atoms with Gasteiger partial charge in [-0.2, -0.15) is 4.57 Å². The molecule has 7 rings (SSSR count). The van der Waals surface area contributed by atoms with Crippen LogP contribution in [0.1, 0.15) is 0 Å². The molecule has 174 valence electrons. The van der Waals surface area contributed by atoms with Crippen LogP contribution in [-0.2, 0) is 7.05 Å². The Balaban J connectivity index is 1.51. The molecule has 4 aromatic carbocycles. The first-order valence-electron chi connectivity index (χ1n) is 12.2. The number of hydrogen-bond donors (Lipinski definition) is 0. The molecule has 0 aliphatic heterocycles. The Morgan fingerprint density at radius 2 is 1.33 bits per heavy atom. The van der Waals surface area contributed by atoms with Gasteiger partial charge in [-0.3, -0.25) is 0 Å². The maximum Gasteiger partial charge on any atom is 0.232 e. The molecular weight excluding hydrogens is 458 g/mol. The van der Waals surface area contributed by atoms with Crippen LogP contribution < -0.4 is 9.47 Å². The summed E-state index contributed by atoms with van der Waals surface area (Å²) >= 11 is 1.87. The van der Waals surface area contributed by atoms with Crippen molar-refractivity contribution in [2.45, 2.75) is 0 Å². The topological polar surface area (TPSA) is 12.1 Å². The van der Waals surface area contributed by atoms with Crippen molar-refractivity contribution in [1.29, 1.82) is 0 Å². The molecule has 4 heteroatoms. The van der Waals surface area contributed by atoms with Gasteiger partial charge in [-0.25, -0.2) is 0 Å². The van der Waals surface area contributed by atoms with Gasteiger partial charge in [0.05, 0.1) is 22.1 Å². The molecule has 0 aliphatic rings. The number of rotatable bonds is 3. The number of thiophene rings is 1. The number of anilines is 1. The lowest BCUT2D eigenvalue weighted by atomic mass is 10.1. The lowest BCUT2D eigenvalue weighted by Crippen LogP contribution is -2.30. The lowest BCUT2D eigenvalue weighted by molar-refractivity contribution is -0.659. The van der Waals surface area contributed by atoms with Gasteiger partial charge in [0.2, 0.25) is 5.69 Å². The number of pyridine rings is 1.